The monoisotopic (exact) mass is 423 g/mol. The normalized spacial score (nSPS) is 17.5. The van der Waals surface area contributed by atoms with E-state index in [1.54, 1.807) is 6.20 Å². The lowest BCUT2D eigenvalue weighted by Crippen LogP contribution is -2.18. The maximum atomic E-state index is 13.1. The summed E-state index contributed by atoms with van der Waals surface area (Å²) in [5.74, 6) is 0.122. The van der Waals surface area contributed by atoms with Crippen LogP contribution in [-0.4, -0.2) is 38.2 Å². The van der Waals surface area contributed by atoms with Crippen LogP contribution in [0.3, 0.4) is 0 Å². The lowest BCUT2D eigenvalue weighted by molar-refractivity contribution is -0.141. The summed E-state index contributed by atoms with van der Waals surface area (Å²) in [7, 11) is 2.11. The third-order valence-electron chi connectivity index (χ3n) is 5.74. The molecule has 1 atom stereocenters. The molecule has 8 heteroatoms. The van der Waals surface area contributed by atoms with Gasteiger partial charge in [-0.1, -0.05) is 24.3 Å². The zero-order valence-corrected chi connectivity index (χ0v) is 16.8. The molecule has 5 rings (SSSR count). The van der Waals surface area contributed by atoms with Gasteiger partial charge in [-0.05, 0) is 56.8 Å². The molecule has 0 radical (unpaired) electrons. The molecule has 4 aromatic rings. The van der Waals surface area contributed by atoms with Gasteiger partial charge in [-0.3, -0.25) is 9.88 Å². The SMILES string of the molecule is CN1CCCC1c1cccc(-c2ccc3cnn(-c4cccc(C(F)(F)F)n4)c3c2)n1. The summed E-state index contributed by atoms with van der Waals surface area (Å²) in [6.07, 6.45) is -0.650. The Bertz CT molecular complexity index is 1250. The number of benzene rings is 1. The first-order valence-corrected chi connectivity index (χ1v) is 10.1. The minimum atomic E-state index is -4.51. The van der Waals surface area contributed by atoms with E-state index in [-0.39, 0.29) is 5.82 Å². The lowest BCUT2D eigenvalue weighted by atomic mass is 10.1. The first kappa shape index (κ1) is 19.7. The Morgan fingerprint density at radius 3 is 2.61 bits per heavy atom. The second kappa shape index (κ2) is 7.46. The van der Waals surface area contributed by atoms with Crippen LogP contribution in [-0.2, 0) is 6.18 Å². The zero-order valence-electron chi connectivity index (χ0n) is 16.8. The van der Waals surface area contributed by atoms with Crippen molar-refractivity contribution in [2.45, 2.75) is 25.1 Å². The van der Waals surface area contributed by atoms with Gasteiger partial charge in [0.15, 0.2) is 5.82 Å². The van der Waals surface area contributed by atoms with Gasteiger partial charge >= 0.3 is 6.18 Å². The molecule has 0 amide bonds. The van der Waals surface area contributed by atoms with E-state index in [1.165, 1.54) is 16.8 Å². The summed E-state index contributed by atoms with van der Waals surface area (Å²) in [4.78, 5) is 11.0. The molecule has 158 valence electrons. The lowest BCUT2D eigenvalue weighted by Gasteiger charge is -2.19. The summed E-state index contributed by atoms with van der Waals surface area (Å²) in [6.45, 7) is 1.06. The highest BCUT2D eigenvalue weighted by atomic mass is 19.4. The molecular formula is C23H20F3N5. The van der Waals surface area contributed by atoms with Gasteiger partial charge in [-0.15, -0.1) is 0 Å². The van der Waals surface area contributed by atoms with Crippen molar-refractivity contribution in [2.75, 3.05) is 13.6 Å². The van der Waals surface area contributed by atoms with Crippen molar-refractivity contribution in [3.05, 3.63) is 72.2 Å². The molecule has 1 aliphatic rings. The van der Waals surface area contributed by atoms with Crippen LogP contribution < -0.4 is 0 Å². The molecule has 3 aromatic heterocycles. The maximum absolute atomic E-state index is 13.1. The fourth-order valence-corrected chi connectivity index (χ4v) is 4.14. The van der Waals surface area contributed by atoms with Gasteiger partial charge in [-0.25, -0.2) is 9.67 Å². The molecule has 0 spiro atoms. The molecule has 1 fully saturated rings. The Hall–Kier alpha value is -3.26. The van der Waals surface area contributed by atoms with E-state index in [2.05, 4.69) is 22.0 Å². The van der Waals surface area contributed by atoms with Crippen LogP contribution in [0.2, 0.25) is 0 Å². The Kier molecular flexibility index (Phi) is 4.74. The van der Waals surface area contributed by atoms with Gasteiger partial charge in [0.05, 0.1) is 29.1 Å². The summed E-state index contributed by atoms with van der Waals surface area (Å²) in [5, 5.41) is 5.09. The van der Waals surface area contributed by atoms with E-state index in [0.29, 0.717) is 11.6 Å². The molecule has 1 unspecified atom stereocenters. The molecule has 4 heterocycles. The molecule has 0 N–H and O–H groups in total. The second-order valence-electron chi connectivity index (χ2n) is 7.80. The number of aromatic nitrogens is 4. The average Bonchev–Trinajstić information content (AvgIpc) is 3.39. The molecule has 0 aliphatic carbocycles. The standard InChI is InChI=1S/C23H20F3N5/c1-30-12-4-7-19(30)18-6-2-5-17(28-18)15-10-11-16-14-27-31(20(16)13-15)22-9-3-8-21(29-22)23(24,25)26/h2-3,5-6,8-11,13-14,19H,4,7,12H2,1H3. The molecule has 1 saturated heterocycles. The van der Waals surface area contributed by atoms with E-state index >= 15 is 0 Å². The molecular weight excluding hydrogens is 403 g/mol. The number of alkyl halides is 3. The van der Waals surface area contributed by atoms with Crippen LogP contribution in [0.5, 0.6) is 0 Å². The van der Waals surface area contributed by atoms with E-state index < -0.39 is 11.9 Å². The van der Waals surface area contributed by atoms with Crippen LogP contribution in [0.4, 0.5) is 13.2 Å². The van der Waals surface area contributed by atoms with Crippen molar-refractivity contribution in [1.82, 2.24) is 24.6 Å². The Labute approximate surface area is 177 Å². The Balaban J connectivity index is 1.56. The molecule has 1 aliphatic heterocycles. The number of hydrogen-bond acceptors (Lipinski definition) is 4. The highest BCUT2D eigenvalue weighted by Gasteiger charge is 2.32. The Morgan fingerprint density at radius 2 is 1.84 bits per heavy atom. The van der Waals surface area contributed by atoms with Crippen LogP contribution in [0.15, 0.2) is 60.8 Å². The summed E-state index contributed by atoms with van der Waals surface area (Å²) >= 11 is 0. The zero-order chi connectivity index (χ0) is 21.6. The third-order valence-corrected chi connectivity index (χ3v) is 5.74. The van der Waals surface area contributed by atoms with Crippen LogP contribution in [0.1, 0.15) is 30.3 Å². The summed E-state index contributed by atoms with van der Waals surface area (Å²) < 4.78 is 40.7. The van der Waals surface area contributed by atoms with E-state index in [0.717, 1.165) is 47.8 Å². The Morgan fingerprint density at radius 1 is 1.00 bits per heavy atom. The van der Waals surface area contributed by atoms with Crippen LogP contribution >= 0.6 is 0 Å². The largest absolute Gasteiger partial charge is 0.433 e. The predicted octanol–water partition coefficient (Wildman–Crippen LogP) is 5.27. The predicted molar refractivity (Wildman–Crippen MR) is 112 cm³/mol. The number of likely N-dealkylation sites (tertiary alicyclic amines) is 1. The number of nitrogens with zero attached hydrogens (tertiary/aromatic N) is 5. The fourth-order valence-electron chi connectivity index (χ4n) is 4.14. The minimum Gasteiger partial charge on any atom is -0.298 e. The van der Waals surface area contributed by atoms with Gasteiger partial charge in [-0.2, -0.15) is 18.3 Å². The second-order valence-corrected chi connectivity index (χ2v) is 7.80. The van der Waals surface area contributed by atoms with Crippen molar-refractivity contribution >= 4 is 10.9 Å². The van der Waals surface area contributed by atoms with Gasteiger partial charge in [0.2, 0.25) is 0 Å². The van der Waals surface area contributed by atoms with Gasteiger partial charge in [0.1, 0.15) is 5.69 Å². The molecule has 5 nitrogen and oxygen atoms in total. The van der Waals surface area contributed by atoms with Crippen molar-refractivity contribution in [1.29, 1.82) is 0 Å². The molecule has 0 bridgehead atoms. The number of hydrogen-bond donors (Lipinski definition) is 0. The highest BCUT2D eigenvalue weighted by Crippen LogP contribution is 2.32. The van der Waals surface area contributed by atoms with Crippen molar-refractivity contribution in [3.8, 4) is 17.1 Å². The van der Waals surface area contributed by atoms with E-state index in [1.807, 2.05) is 36.4 Å². The van der Waals surface area contributed by atoms with E-state index in [9.17, 15) is 13.2 Å². The van der Waals surface area contributed by atoms with Crippen molar-refractivity contribution < 1.29 is 13.2 Å². The quantitative estimate of drug-likeness (QED) is 0.451. The van der Waals surface area contributed by atoms with E-state index in [4.69, 9.17) is 4.98 Å². The first-order valence-electron chi connectivity index (χ1n) is 10.1. The van der Waals surface area contributed by atoms with Gasteiger partial charge in [0.25, 0.3) is 0 Å². The van der Waals surface area contributed by atoms with Crippen molar-refractivity contribution in [3.63, 3.8) is 0 Å². The highest BCUT2D eigenvalue weighted by molar-refractivity contribution is 5.84. The fraction of sp³-hybridized carbons (Fsp3) is 0.261. The number of halogens is 3. The number of pyridine rings is 2. The van der Waals surface area contributed by atoms with Crippen molar-refractivity contribution in [2.24, 2.45) is 0 Å². The van der Waals surface area contributed by atoms with Crippen LogP contribution in [0.25, 0.3) is 28.0 Å². The summed E-state index contributed by atoms with van der Waals surface area (Å²) in [5.41, 5.74) is 2.47. The van der Waals surface area contributed by atoms with Gasteiger partial charge < -0.3 is 0 Å². The molecule has 1 aromatic carbocycles. The minimum absolute atomic E-state index is 0.122. The maximum Gasteiger partial charge on any atom is 0.433 e. The van der Waals surface area contributed by atoms with Gasteiger partial charge in [0, 0.05) is 10.9 Å². The summed E-state index contributed by atoms with van der Waals surface area (Å²) in [6, 6.07) is 15.9. The topological polar surface area (TPSA) is 46.8 Å². The molecule has 0 saturated carbocycles. The third kappa shape index (κ3) is 3.67. The number of fused-ring (bicyclic) bond motifs is 1. The average molecular weight is 423 g/mol. The first-order chi connectivity index (χ1) is 14.9. The molecule has 31 heavy (non-hydrogen) atoms. The number of rotatable bonds is 3. The smallest absolute Gasteiger partial charge is 0.298 e. The van der Waals surface area contributed by atoms with Crippen LogP contribution in [0, 0.1) is 0 Å².